The lowest BCUT2D eigenvalue weighted by Gasteiger charge is -2.09. The van der Waals surface area contributed by atoms with Crippen molar-refractivity contribution in [1.29, 1.82) is 5.26 Å². The number of alkyl halides is 1. The van der Waals surface area contributed by atoms with Crippen molar-refractivity contribution >= 4 is 21.9 Å². The Morgan fingerprint density at radius 3 is 2.69 bits per heavy atom. The maximum absolute atomic E-state index is 11.6. The van der Waals surface area contributed by atoms with Crippen molar-refractivity contribution in [1.82, 2.24) is 0 Å². The van der Waals surface area contributed by atoms with Crippen LogP contribution in [0, 0.1) is 11.3 Å². The molecule has 4 heteroatoms. The molecular formula is C12H12BrNO2. The Morgan fingerprint density at radius 2 is 2.25 bits per heavy atom. The van der Waals surface area contributed by atoms with Crippen LogP contribution in [-0.4, -0.2) is 13.1 Å². The lowest BCUT2D eigenvalue weighted by molar-refractivity contribution is 0.0599. The van der Waals surface area contributed by atoms with Crippen LogP contribution < -0.4 is 0 Å². The molecule has 0 bridgehead atoms. The summed E-state index contributed by atoms with van der Waals surface area (Å²) in [7, 11) is 1.32. The highest BCUT2D eigenvalue weighted by molar-refractivity contribution is 9.08. The van der Waals surface area contributed by atoms with Gasteiger partial charge in [-0.05, 0) is 23.6 Å². The molecule has 1 rings (SSSR count). The van der Waals surface area contributed by atoms with Crippen molar-refractivity contribution in [3.63, 3.8) is 0 Å². The number of ether oxygens (including phenoxy) is 1. The smallest absolute Gasteiger partial charge is 0.339 e. The number of rotatable bonds is 3. The third kappa shape index (κ3) is 2.42. The van der Waals surface area contributed by atoms with Gasteiger partial charge in [0, 0.05) is 5.33 Å². The van der Waals surface area contributed by atoms with Crippen LogP contribution in [0.4, 0.5) is 0 Å². The van der Waals surface area contributed by atoms with E-state index in [-0.39, 0.29) is 0 Å². The summed E-state index contributed by atoms with van der Waals surface area (Å²) in [6.45, 7) is 1.95. The van der Waals surface area contributed by atoms with E-state index in [1.807, 2.05) is 19.1 Å². The van der Waals surface area contributed by atoms with Gasteiger partial charge in [0.1, 0.15) is 6.07 Å². The minimum absolute atomic E-state index is 0.376. The molecule has 0 heterocycles. The summed E-state index contributed by atoms with van der Waals surface area (Å²) in [6, 6.07) is 5.67. The van der Waals surface area contributed by atoms with Crippen molar-refractivity contribution in [3.8, 4) is 6.07 Å². The second kappa shape index (κ2) is 5.66. The third-order valence-corrected chi connectivity index (χ3v) is 2.97. The van der Waals surface area contributed by atoms with E-state index < -0.39 is 5.97 Å². The topological polar surface area (TPSA) is 50.1 Å². The number of aryl methyl sites for hydroxylation is 1. The zero-order valence-electron chi connectivity index (χ0n) is 9.21. The first-order chi connectivity index (χ1) is 7.67. The number of methoxy groups -OCH3 is 1. The Kier molecular flexibility index (Phi) is 4.51. The number of hydrogen-bond donors (Lipinski definition) is 0. The van der Waals surface area contributed by atoms with Crippen molar-refractivity contribution in [3.05, 3.63) is 34.4 Å². The van der Waals surface area contributed by atoms with E-state index in [9.17, 15) is 4.79 Å². The molecule has 0 N–H and O–H groups in total. The van der Waals surface area contributed by atoms with Gasteiger partial charge >= 0.3 is 5.97 Å². The fourth-order valence-electron chi connectivity index (χ4n) is 1.56. The minimum atomic E-state index is -0.450. The Labute approximate surface area is 103 Å². The molecule has 0 unspecified atom stereocenters. The molecule has 16 heavy (non-hydrogen) atoms. The van der Waals surface area contributed by atoms with Gasteiger partial charge in [0.05, 0.1) is 18.2 Å². The highest BCUT2D eigenvalue weighted by Gasteiger charge is 2.17. The summed E-state index contributed by atoms with van der Waals surface area (Å²) in [5, 5.41) is 9.69. The van der Waals surface area contributed by atoms with Crippen LogP contribution in [0.5, 0.6) is 0 Å². The van der Waals surface area contributed by atoms with Gasteiger partial charge in [-0.2, -0.15) is 5.26 Å². The number of esters is 1. The van der Waals surface area contributed by atoms with Gasteiger partial charge < -0.3 is 4.74 Å². The van der Waals surface area contributed by atoms with E-state index in [2.05, 4.69) is 15.9 Å². The molecule has 0 saturated carbocycles. The first-order valence-electron chi connectivity index (χ1n) is 4.88. The van der Waals surface area contributed by atoms with E-state index in [4.69, 9.17) is 10.00 Å². The third-order valence-electron chi connectivity index (χ3n) is 2.32. The second-order valence-electron chi connectivity index (χ2n) is 3.27. The van der Waals surface area contributed by atoms with Gasteiger partial charge in [-0.1, -0.05) is 28.9 Å². The number of carbonyl (C=O) groups excluding carboxylic acids is 1. The van der Waals surface area contributed by atoms with Gasteiger partial charge in [-0.3, -0.25) is 0 Å². The second-order valence-corrected chi connectivity index (χ2v) is 3.83. The number of carbonyl (C=O) groups is 1. The summed E-state index contributed by atoms with van der Waals surface area (Å²) in [5.41, 5.74) is 2.60. The van der Waals surface area contributed by atoms with Gasteiger partial charge in [0.15, 0.2) is 0 Å². The molecule has 0 aliphatic carbocycles. The zero-order valence-corrected chi connectivity index (χ0v) is 10.8. The average molecular weight is 282 g/mol. The predicted molar refractivity (Wildman–Crippen MR) is 64.5 cm³/mol. The maximum atomic E-state index is 11.6. The highest BCUT2D eigenvalue weighted by atomic mass is 79.9. The monoisotopic (exact) mass is 281 g/mol. The first kappa shape index (κ1) is 12.7. The molecule has 0 saturated heterocycles. The Hall–Kier alpha value is -1.34. The molecule has 84 valence electrons. The van der Waals surface area contributed by atoms with Crippen molar-refractivity contribution in [2.24, 2.45) is 0 Å². The largest absolute Gasteiger partial charge is 0.465 e. The molecule has 0 aliphatic heterocycles. The van der Waals surface area contributed by atoms with E-state index in [0.717, 1.165) is 11.1 Å². The van der Waals surface area contributed by atoms with Gasteiger partial charge in [-0.15, -0.1) is 0 Å². The van der Waals surface area contributed by atoms with E-state index in [1.165, 1.54) is 7.11 Å². The van der Waals surface area contributed by atoms with Crippen molar-refractivity contribution in [2.75, 3.05) is 7.11 Å². The molecule has 3 nitrogen and oxygen atoms in total. The fraction of sp³-hybridized carbons (Fsp3) is 0.333. The Balaban J connectivity index is 3.45. The first-order valence-corrected chi connectivity index (χ1v) is 6.00. The normalized spacial score (nSPS) is 9.62. The van der Waals surface area contributed by atoms with Crippen LogP contribution in [-0.2, 0) is 16.5 Å². The summed E-state index contributed by atoms with van der Waals surface area (Å²) >= 11 is 3.34. The van der Waals surface area contributed by atoms with Gasteiger partial charge in [-0.25, -0.2) is 4.79 Å². The molecule has 0 radical (unpaired) electrons. The standard InChI is InChI=1S/C12H12BrNO2/c1-3-9-4-8(6-13)5-10(7-14)11(9)12(15)16-2/h4-5H,3,6H2,1-2H3. The zero-order chi connectivity index (χ0) is 12.1. The van der Waals surface area contributed by atoms with Gasteiger partial charge in [0.25, 0.3) is 0 Å². The SMILES string of the molecule is CCc1cc(CBr)cc(C#N)c1C(=O)OC. The maximum Gasteiger partial charge on any atom is 0.339 e. The van der Waals surface area contributed by atoms with E-state index in [0.29, 0.717) is 22.9 Å². The predicted octanol–water partition coefficient (Wildman–Crippen LogP) is 2.80. The quantitative estimate of drug-likeness (QED) is 0.632. The lowest BCUT2D eigenvalue weighted by atomic mass is 9.97. The van der Waals surface area contributed by atoms with Crippen LogP contribution in [0.1, 0.15) is 34.0 Å². The van der Waals surface area contributed by atoms with Crippen LogP contribution >= 0.6 is 15.9 Å². The van der Waals surface area contributed by atoms with Gasteiger partial charge in [0.2, 0.25) is 0 Å². The van der Waals surface area contributed by atoms with Crippen LogP contribution in [0.2, 0.25) is 0 Å². The lowest BCUT2D eigenvalue weighted by Crippen LogP contribution is -2.09. The minimum Gasteiger partial charge on any atom is -0.465 e. The summed E-state index contributed by atoms with van der Waals surface area (Å²) < 4.78 is 4.69. The van der Waals surface area contributed by atoms with E-state index in [1.54, 1.807) is 6.07 Å². The number of halogens is 1. The van der Waals surface area contributed by atoms with E-state index >= 15 is 0 Å². The fourth-order valence-corrected chi connectivity index (χ4v) is 1.88. The molecular weight excluding hydrogens is 270 g/mol. The van der Waals surface area contributed by atoms with Crippen molar-refractivity contribution in [2.45, 2.75) is 18.7 Å². The molecule has 0 spiro atoms. The van der Waals surface area contributed by atoms with Crippen LogP contribution in [0.15, 0.2) is 12.1 Å². The Bertz CT molecular complexity index is 449. The number of nitrogens with zero attached hydrogens (tertiary/aromatic N) is 1. The highest BCUT2D eigenvalue weighted by Crippen LogP contribution is 2.20. The molecule has 1 aromatic carbocycles. The number of hydrogen-bond acceptors (Lipinski definition) is 3. The summed E-state index contributed by atoms with van der Waals surface area (Å²) in [4.78, 5) is 11.6. The molecule has 0 fully saturated rings. The molecule has 1 aromatic rings. The Morgan fingerprint density at radius 1 is 1.56 bits per heavy atom. The molecule has 0 aromatic heterocycles. The summed E-state index contributed by atoms with van der Waals surface area (Å²) in [5.74, 6) is -0.450. The van der Waals surface area contributed by atoms with Crippen LogP contribution in [0.25, 0.3) is 0 Å². The average Bonchev–Trinajstić information content (AvgIpc) is 2.35. The van der Waals surface area contributed by atoms with Crippen molar-refractivity contribution < 1.29 is 9.53 Å². The molecule has 0 amide bonds. The molecule has 0 aliphatic rings. The molecule has 0 atom stereocenters. The number of nitriles is 1. The number of benzene rings is 1. The van der Waals surface area contributed by atoms with Crippen LogP contribution in [0.3, 0.4) is 0 Å². The summed E-state index contributed by atoms with van der Waals surface area (Å²) in [6.07, 6.45) is 0.694.